The predicted octanol–water partition coefficient (Wildman–Crippen LogP) is 1.65. The number of thiocarbonyl (C=S) groups is 1. The zero-order chi connectivity index (χ0) is 4.41. The molecule has 1 aliphatic heterocycles. The quantitative estimate of drug-likeness (QED) is 0.442. The van der Waals surface area contributed by atoms with Gasteiger partial charge in [0.05, 0.1) is 4.20 Å². The molecule has 0 aromatic rings. The molecule has 0 bridgehead atoms. The van der Waals surface area contributed by atoms with E-state index in [1.54, 1.807) is 11.8 Å². The van der Waals surface area contributed by atoms with Crippen LogP contribution in [-0.2, 0) is 0 Å². The zero-order valence-corrected chi connectivity index (χ0v) is 4.94. The second kappa shape index (κ2) is 1.94. The molecule has 1 saturated heterocycles. The van der Waals surface area contributed by atoms with E-state index < -0.39 is 0 Å². The van der Waals surface area contributed by atoms with Crippen molar-refractivity contribution in [1.82, 2.24) is 0 Å². The van der Waals surface area contributed by atoms with Crippen molar-refractivity contribution in [2.75, 3.05) is 5.75 Å². The Kier molecular flexibility index (Phi) is 1.48. The van der Waals surface area contributed by atoms with Crippen LogP contribution in [0.25, 0.3) is 0 Å². The number of thioether (sulfide) groups is 1. The van der Waals surface area contributed by atoms with Gasteiger partial charge in [0.25, 0.3) is 0 Å². The molecule has 1 fully saturated rings. The van der Waals surface area contributed by atoms with Crippen LogP contribution in [0, 0.1) is 6.42 Å². The Morgan fingerprint density at radius 1 is 1.83 bits per heavy atom. The van der Waals surface area contributed by atoms with Gasteiger partial charge in [0.1, 0.15) is 0 Å². The van der Waals surface area contributed by atoms with Crippen molar-refractivity contribution >= 4 is 28.2 Å². The van der Waals surface area contributed by atoms with E-state index in [0.717, 1.165) is 4.20 Å². The van der Waals surface area contributed by atoms with Gasteiger partial charge < -0.3 is 0 Å². The monoisotopic (exact) mass is 117 g/mol. The molecule has 1 aliphatic rings. The molecule has 0 aliphatic carbocycles. The van der Waals surface area contributed by atoms with E-state index in [1.807, 2.05) is 0 Å². The van der Waals surface area contributed by atoms with Crippen LogP contribution in [0.5, 0.6) is 0 Å². The van der Waals surface area contributed by atoms with E-state index in [2.05, 4.69) is 6.42 Å². The fourth-order valence-electron chi connectivity index (χ4n) is 0.395. The summed E-state index contributed by atoms with van der Waals surface area (Å²) in [7, 11) is 0. The highest BCUT2D eigenvalue weighted by Gasteiger charge is 2.04. The van der Waals surface area contributed by atoms with Crippen LogP contribution < -0.4 is 0 Å². The second-order valence-corrected chi connectivity index (χ2v) is 3.00. The number of rotatable bonds is 0. The third-order valence-corrected chi connectivity index (χ3v) is 2.08. The first kappa shape index (κ1) is 4.60. The third-order valence-electron chi connectivity index (χ3n) is 0.673. The maximum atomic E-state index is 4.83. The molecule has 0 aromatic heterocycles. The fraction of sp³-hybridized carbons (Fsp3) is 0.500. The van der Waals surface area contributed by atoms with E-state index in [0.29, 0.717) is 0 Å². The summed E-state index contributed by atoms with van der Waals surface area (Å²) in [6.45, 7) is 0. The molecule has 0 nitrogen and oxygen atoms in total. The molecular formula is C4H5S2. The van der Waals surface area contributed by atoms with E-state index in [-0.39, 0.29) is 0 Å². The molecule has 1 radical (unpaired) electrons. The second-order valence-electron chi connectivity index (χ2n) is 1.16. The van der Waals surface area contributed by atoms with Crippen molar-refractivity contribution in [1.29, 1.82) is 0 Å². The van der Waals surface area contributed by atoms with Crippen LogP contribution in [0.2, 0.25) is 0 Å². The highest BCUT2D eigenvalue weighted by molar-refractivity contribution is 8.23. The van der Waals surface area contributed by atoms with E-state index in [9.17, 15) is 0 Å². The maximum absolute atomic E-state index is 4.83. The van der Waals surface area contributed by atoms with Gasteiger partial charge in [0.2, 0.25) is 0 Å². The lowest BCUT2D eigenvalue weighted by Crippen LogP contribution is -1.71. The maximum Gasteiger partial charge on any atom is 0.0516 e. The lowest BCUT2D eigenvalue weighted by molar-refractivity contribution is 1.23. The molecule has 0 spiro atoms. The Labute approximate surface area is 47.3 Å². The summed E-state index contributed by atoms with van der Waals surface area (Å²) in [6, 6.07) is 0. The van der Waals surface area contributed by atoms with Crippen molar-refractivity contribution in [2.24, 2.45) is 0 Å². The largest absolute Gasteiger partial charge is 0.119 e. The first-order valence-corrected chi connectivity index (χ1v) is 3.29. The van der Waals surface area contributed by atoms with Gasteiger partial charge in [-0.1, -0.05) is 12.2 Å². The summed E-state index contributed by atoms with van der Waals surface area (Å²) in [6.07, 6.45) is 3.28. The summed E-state index contributed by atoms with van der Waals surface area (Å²) in [5.74, 6) is 1.21. The van der Waals surface area contributed by atoms with Gasteiger partial charge in [-0.15, -0.1) is 11.8 Å². The smallest absolute Gasteiger partial charge is 0.0516 e. The van der Waals surface area contributed by atoms with Gasteiger partial charge >= 0.3 is 0 Å². The molecular weight excluding hydrogens is 112 g/mol. The molecule has 0 saturated carbocycles. The third kappa shape index (κ3) is 0.949. The Morgan fingerprint density at radius 3 is 2.83 bits per heavy atom. The normalized spacial score (nSPS) is 22.3. The molecule has 0 amide bonds. The van der Waals surface area contributed by atoms with Crippen LogP contribution in [0.3, 0.4) is 0 Å². The average molecular weight is 117 g/mol. The highest BCUT2D eigenvalue weighted by Crippen LogP contribution is 2.18. The topological polar surface area (TPSA) is 0 Å². The Morgan fingerprint density at radius 2 is 2.67 bits per heavy atom. The van der Waals surface area contributed by atoms with Gasteiger partial charge in [0, 0.05) is 6.42 Å². The predicted molar refractivity (Wildman–Crippen MR) is 34.0 cm³/mol. The summed E-state index contributed by atoms with van der Waals surface area (Å²) in [5, 5.41) is 0. The molecule has 6 heavy (non-hydrogen) atoms. The van der Waals surface area contributed by atoms with Crippen molar-refractivity contribution in [3.63, 3.8) is 0 Å². The van der Waals surface area contributed by atoms with Crippen molar-refractivity contribution < 1.29 is 0 Å². The minimum absolute atomic E-state index is 1.08. The highest BCUT2D eigenvalue weighted by atomic mass is 32.2. The van der Waals surface area contributed by atoms with Crippen molar-refractivity contribution in [2.45, 2.75) is 6.42 Å². The molecule has 0 unspecified atom stereocenters. The van der Waals surface area contributed by atoms with E-state index in [4.69, 9.17) is 12.2 Å². The van der Waals surface area contributed by atoms with Gasteiger partial charge in [0.15, 0.2) is 0 Å². The lowest BCUT2D eigenvalue weighted by atomic mass is 10.4. The minimum Gasteiger partial charge on any atom is -0.119 e. The first-order chi connectivity index (χ1) is 2.89. The van der Waals surface area contributed by atoms with Crippen LogP contribution in [0.1, 0.15) is 6.42 Å². The van der Waals surface area contributed by atoms with E-state index >= 15 is 0 Å². The molecule has 33 valence electrons. The van der Waals surface area contributed by atoms with Crippen LogP contribution >= 0.6 is 24.0 Å². The molecule has 0 N–H and O–H groups in total. The summed E-state index contributed by atoms with van der Waals surface area (Å²) in [4.78, 5) is 0. The lowest BCUT2D eigenvalue weighted by Gasteiger charge is -1.75. The van der Waals surface area contributed by atoms with Crippen LogP contribution in [0.4, 0.5) is 0 Å². The number of hydrogen-bond donors (Lipinski definition) is 0. The van der Waals surface area contributed by atoms with Crippen LogP contribution in [0.15, 0.2) is 0 Å². The molecule has 0 atom stereocenters. The van der Waals surface area contributed by atoms with Gasteiger partial charge in [-0.3, -0.25) is 0 Å². The minimum atomic E-state index is 1.08. The Hall–Kier alpha value is 0.440. The summed E-state index contributed by atoms with van der Waals surface area (Å²) < 4.78 is 1.08. The van der Waals surface area contributed by atoms with Crippen molar-refractivity contribution in [3.05, 3.63) is 6.42 Å². The Balaban J connectivity index is 2.37. The van der Waals surface area contributed by atoms with Gasteiger partial charge in [-0.05, 0) is 12.2 Å². The van der Waals surface area contributed by atoms with Gasteiger partial charge in [-0.2, -0.15) is 0 Å². The number of hydrogen-bond acceptors (Lipinski definition) is 2. The molecule has 2 heteroatoms. The summed E-state index contributed by atoms with van der Waals surface area (Å²) >= 11 is 6.60. The van der Waals surface area contributed by atoms with Crippen LogP contribution in [-0.4, -0.2) is 9.95 Å². The SMILES string of the molecule is S=C1[CH]CCS1. The molecule has 1 heterocycles. The molecule has 0 aromatic carbocycles. The fourth-order valence-corrected chi connectivity index (χ4v) is 1.44. The molecule has 1 rings (SSSR count). The standard InChI is InChI=1S/C4H5S2/c5-4-2-1-3-6-4/h2H,1,3H2. The van der Waals surface area contributed by atoms with E-state index in [1.165, 1.54) is 12.2 Å². The van der Waals surface area contributed by atoms with Crippen molar-refractivity contribution in [3.8, 4) is 0 Å². The Bertz CT molecular complexity index is 59.9. The summed E-state index contributed by atoms with van der Waals surface area (Å²) in [5.41, 5.74) is 0. The zero-order valence-electron chi connectivity index (χ0n) is 3.31. The van der Waals surface area contributed by atoms with Gasteiger partial charge in [-0.25, -0.2) is 0 Å². The average Bonchev–Trinajstić information content (AvgIpc) is 1.86. The first-order valence-electron chi connectivity index (χ1n) is 1.89.